The van der Waals surface area contributed by atoms with E-state index in [1.54, 1.807) is 12.1 Å². The van der Waals surface area contributed by atoms with Gasteiger partial charge in [-0.05, 0) is 38.7 Å². The Morgan fingerprint density at radius 3 is 2.50 bits per heavy atom. The number of aliphatic imine (C=N–C) groups is 1. The Morgan fingerprint density at radius 2 is 1.96 bits per heavy atom. The number of likely N-dealkylation sites (tertiary alicyclic amines) is 1. The van der Waals surface area contributed by atoms with Crippen LogP contribution in [0.3, 0.4) is 0 Å². The first-order valence-corrected chi connectivity index (χ1v) is 9.51. The van der Waals surface area contributed by atoms with Crippen LogP contribution in [-0.2, 0) is 6.54 Å². The second-order valence-corrected chi connectivity index (χ2v) is 7.06. The van der Waals surface area contributed by atoms with E-state index in [4.69, 9.17) is 0 Å². The molecule has 0 radical (unpaired) electrons. The fourth-order valence-electron chi connectivity index (χ4n) is 3.04. The lowest BCUT2D eigenvalue weighted by atomic mass is 10.0. The third-order valence-electron chi connectivity index (χ3n) is 4.71. The second-order valence-electron chi connectivity index (χ2n) is 7.06. The van der Waals surface area contributed by atoms with Crippen molar-refractivity contribution in [2.24, 2.45) is 4.99 Å². The van der Waals surface area contributed by atoms with Gasteiger partial charge in [0.15, 0.2) is 5.96 Å². The summed E-state index contributed by atoms with van der Waals surface area (Å²) in [5.74, 6) is 0.827. The number of hydrogen-bond acceptors (Lipinski definition) is 4. The van der Waals surface area contributed by atoms with Gasteiger partial charge < -0.3 is 15.5 Å². The highest BCUT2D eigenvalue weighted by molar-refractivity contribution is 5.80. The SMILES string of the molecule is CCCNC(=NCc1ccc([N+](=O)[O-])cc1)NC1CCN(C(C)C)CC1. The van der Waals surface area contributed by atoms with Crippen LogP contribution in [0.2, 0.25) is 0 Å². The van der Waals surface area contributed by atoms with Crippen LogP contribution in [0.15, 0.2) is 29.3 Å². The van der Waals surface area contributed by atoms with Gasteiger partial charge in [-0.1, -0.05) is 19.1 Å². The Hall–Kier alpha value is -2.15. The van der Waals surface area contributed by atoms with Crippen molar-refractivity contribution in [3.05, 3.63) is 39.9 Å². The van der Waals surface area contributed by atoms with Crippen molar-refractivity contribution in [3.8, 4) is 0 Å². The zero-order chi connectivity index (χ0) is 18.9. The van der Waals surface area contributed by atoms with Gasteiger partial charge in [0.05, 0.1) is 11.5 Å². The summed E-state index contributed by atoms with van der Waals surface area (Å²) in [6.45, 7) is 10.2. The maximum Gasteiger partial charge on any atom is 0.269 e. The average molecular weight is 361 g/mol. The Labute approximate surface area is 156 Å². The number of nitrogens with one attached hydrogen (secondary N) is 2. The van der Waals surface area contributed by atoms with Crippen LogP contribution in [0.4, 0.5) is 5.69 Å². The van der Waals surface area contributed by atoms with Crippen molar-refractivity contribution in [2.75, 3.05) is 19.6 Å². The van der Waals surface area contributed by atoms with Crippen LogP contribution in [0.1, 0.15) is 45.6 Å². The predicted molar refractivity (Wildman–Crippen MR) is 105 cm³/mol. The molecule has 1 fully saturated rings. The molecule has 7 heteroatoms. The third-order valence-corrected chi connectivity index (χ3v) is 4.71. The van der Waals surface area contributed by atoms with Crippen molar-refractivity contribution >= 4 is 11.6 Å². The van der Waals surface area contributed by atoms with E-state index >= 15 is 0 Å². The minimum absolute atomic E-state index is 0.108. The van der Waals surface area contributed by atoms with Gasteiger partial charge >= 0.3 is 0 Å². The summed E-state index contributed by atoms with van der Waals surface area (Å²) in [5, 5.41) is 17.7. The number of nitro groups is 1. The van der Waals surface area contributed by atoms with E-state index in [1.807, 2.05) is 0 Å². The number of rotatable bonds is 7. The van der Waals surface area contributed by atoms with E-state index < -0.39 is 0 Å². The van der Waals surface area contributed by atoms with Gasteiger partial charge in [-0.3, -0.25) is 10.1 Å². The van der Waals surface area contributed by atoms with Crippen molar-refractivity contribution in [3.63, 3.8) is 0 Å². The molecule has 0 aromatic heterocycles. The monoisotopic (exact) mass is 361 g/mol. The summed E-state index contributed by atoms with van der Waals surface area (Å²) in [4.78, 5) is 17.5. The molecule has 1 aliphatic rings. The van der Waals surface area contributed by atoms with Crippen molar-refractivity contribution in [2.45, 2.75) is 58.7 Å². The summed E-state index contributed by atoms with van der Waals surface area (Å²) < 4.78 is 0. The van der Waals surface area contributed by atoms with Gasteiger partial charge in [-0.15, -0.1) is 0 Å². The minimum atomic E-state index is -0.383. The third kappa shape index (κ3) is 6.29. The number of piperidine rings is 1. The van der Waals surface area contributed by atoms with Gasteiger partial charge in [0.2, 0.25) is 0 Å². The summed E-state index contributed by atoms with van der Waals surface area (Å²) >= 11 is 0. The number of nitro benzene ring substituents is 1. The first kappa shape index (κ1) is 20.2. The first-order valence-electron chi connectivity index (χ1n) is 9.51. The highest BCUT2D eigenvalue weighted by Gasteiger charge is 2.21. The van der Waals surface area contributed by atoms with Crippen LogP contribution in [0, 0.1) is 10.1 Å². The standard InChI is InChI=1S/C19H31N5O2/c1-4-11-20-19(22-17-9-12-23(13-10-17)15(2)3)21-14-16-5-7-18(8-6-16)24(25)26/h5-8,15,17H,4,9-14H2,1-3H3,(H2,20,21,22). The molecule has 2 N–H and O–H groups in total. The smallest absolute Gasteiger partial charge is 0.269 e. The van der Waals surface area contributed by atoms with Crippen LogP contribution in [0.25, 0.3) is 0 Å². The number of benzene rings is 1. The summed E-state index contributed by atoms with van der Waals surface area (Å²) in [6.07, 6.45) is 3.26. The quantitative estimate of drug-likeness (QED) is 0.338. The van der Waals surface area contributed by atoms with Crippen LogP contribution in [-0.4, -0.2) is 47.5 Å². The topological polar surface area (TPSA) is 82.8 Å². The highest BCUT2D eigenvalue weighted by Crippen LogP contribution is 2.14. The van der Waals surface area contributed by atoms with Gasteiger partial charge in [-0.25, -0.2) is 4.99 Å². The van der Waals surface area contributed by atoms with Gasteiger partial charge in [0.1, 0.15) is 0 Å². The molecule has 0 bridgehead atoms. The summed E-state index contributed by atoms with van der Waals surface area (Å²) in [6, 6.07) is 7.62. The predicted octanol–water partition coefficient (Wildman–Crippen LogP) is 2.91. The Balaban J connectivity index is 1.93. The molecular formula is C19H31N5O2. The maximum absolute atomic E-state index is 10.7. The zero-order valence-corrected chi connectivity index (χ0v) is 16.1. The lowest BCUT2D eigenvalue weighted by Gasteiger charge is -2.35. The number of nitrogens with zero attached hydrogens (tertiary/aromatic N) is 3. The van der Waals surface area contributed by atoms with E-state index in [1.165, 1.54) is 12.1 Å². The van der Waals surface area contributed by atoms with Crippen LogP contribution >= 0.6 is 0 Å². The zero-order valence-electron chi connectivity index (χ0n) is 16.1. The molecule has 1 aromatic rings. The Morgan fingerprint density at radius 1 is 1.31 bits per heavy atom. The molecular weight excluding hydrogens is 330 g/mol. The largest absolute Gasteiger partial charge is 0.356 e. The molecule has 0 amide bonds. The second kappa shape index (κ2) is 10.1. The molecule has 0 atom stereocenters. The summed E-state index contributed by atoms with van der Waals surface area (Å²) in [7, 11) is 0. The molecule has 0 aliphatic carbocycles. The van der Waals surface area contributed by atoms with Crippen molar-refractivity contribution in [1.29, 1.82) is 0 Å². The maximum atomic E-state index is 10.7. The van der Waals surface area contributed by atoms with Crippen molar-refractivity contribution < 1.29 is 4.92 Å². The number of hydrogen-bond donors (Lipinski definition) is 2. The van der Waals surface area contributed by atoms with Crippen LogP contribution < -0.4 is 10.6 Å². The Bertz CT molecular complexity index is 592. The number of non-ortho nitro benzene ring substituents is 1. The lowest BCUT2D eigenvalue weighted by molar-refractivity contribution is -0.384. The van der Waals surface area contributed by atoms with E-state index in [9.17, 15) is 10.1 Å². The van der Waals surface area contributed by atoms with Gasteiger partial charge in [0, 0.05) is 43.9 Å². The molecule has 7 nitrogen and oxygen atoms in total. The average Bonchev–Trinajstić information content (AvgIpc) is 2.64. The van der Waals surface area contributed by atoms with E-state index in [2.05, 4.69) is 41.3 Å². The van der Waals surface area contributed by atoms with Crippen molar-refractivity contribution in [1.82, 2.24) is 15.5 Å². The minimum Gasteiger partial charge on any atom is -0.356 e. The molecule has 144 valence electrons. The molecule has 0 unspecified atom stereocenters. The van der Waals surface area contributed by atoms with E-state index in [-0.39, 0.29) is 10.6 Å². The van der Waals surface area contributed by atoms with Gasteiger partial charge in [0.25, 0.3) is 5.69 Å². The van der Waals surface area contributed by atoms with Crippen LogP contribution in [0.5, 0.6) is 0 Å². The molecule has 0 saturated carbocycles. The molecule has 1 aliphatic heterocycles. The molecule has 26 heavy (non-hydrogen) atoms. The normalized spacial score (nSPS) is 16.7. The molecule has 1 saturated heterocycles. The van der Waals surface area contributed by atoms with E-state index in [0.29, 0.717) is 18.6 Å². The molecule has 2 rings (SSSR count). The molecule has 0 spiro atoms. The van der Waals surface area contributed by atoms with E-state index in [0.717, 1.165) is 50.4 Å². The fraction of sp³-hybridized carbons (Fsp3) is 0.632. The molecule has 1 aromatic carbocycles. The molecule has 1 heterocycles. The summed E-state index contributed by atoms with van der Waals surface area (Å²) in [5.41, 5.74) is 1.07. The highest BCUT2D eigenvalue weighted by atomic mass is 16.6. The number of guanidine groups is 1. The van der Waals surface area contributed by atoms with Gasteiger partial charge in [-0.2, -0.15) is 0 Å². The first-order chi connectivity index (χ1) is 12.5. The fourth-order valence-corrected chi connectivity index (χ4v) is 3.04. The lowest BCUT2D eigenvalue weighted by Crippen LogP contribution is -2.50. The Kier molecular flexibility index (Phi) is 7.84.